The first-order chi connectivity index (χ1) is 8.54. The van der Waals surface area contributed by atoms with Gasteiger partial charge in [-0.25, -0.2) is 0 Å². The summed E-state index contributed by atoms with van der Waals surface area (Å²) in [5.41, 5.74) is -1.64. The van der Waals surface area contributed by atoms with E-state index in [1.165, 1.54) is 0 Å². The highest BCUT2D eigenvalue weighted by molar-refractivity contribution is 5.39. The molecule has 3 N–H and O–H groups in total. The van der Waals surface area contributed by atoms with Crippen molar-refractivity contribution in [2.45, 2.75) is 70.1 Å². The van der Waals surface area contributed by atoms with Gasteiger partial charge < -0.3 is 20.1 Å². The van der Waals surface area contributed by atoms with Crippen LogP contribution in [0.2, 0.25) is 0 Å². The Morgan fingerprint density at radius 3 is 2.53 bits per heavy atom. The van der Waals surface area contributed by atoms with Crippen LogP contribution in [0.5, 0.6) is 0 Å². The first kappa shape index (κ1) is 13.6. The molecule has 5 atom stereocenters. The summed E-state index contributed by atoms with van der Waals surface area (Å²) in [6.07, 6.45) is 2.89. The van der Waals surface area contributed by atoms with Gasteiger partial charge in [0.25, 0.3) is 0 Å². The van der Waals surface area contributed by atoms with Crippen molar-refractivity contribution in [3.63, 3.8) is 0 Å². The summed E-state index contributed by atoms with van der Waals surface area (Å²) in [7, 11) is 0. The van der Waals surface area contributed by atoms with Gasteiger partial charge in [0.15, 0.2) is 5.79 Å². The van der Waals surface area contributed by atoms with Crippen molar-refractivity contribution in [2.24, 2.45) is 11.3 Å². The summed E-state index contributed by atoms with van der Waals surface area (Å²) in [6, 6.07) is 0. The van der Waals surface area contributed by atoms with Gasteiger partial charge in [-0.1, -0.05) is 20.8 Å². The zero-order valence-corrected chi connectivity index (χ0v) is 12.1. The van der Waals surface area contributed by atoms with Gasteiger partial charge in [-0.15, -0.1) is 0 Å². The molecule has 19 heavy (non-hydrogen) atoms. The largest absolute Gasteiger partial charge is 0.388 e. The molecule has 0 amide bonds. The maximum atomic E-state index is 10.6. The Labute approximate surface area is 114 Å². The van der Waals surface area contributed by atoms with E-state index < -0.39 is 23.1 Å². The molecule has 2 aliphatic heterocycles. The molecule has 0 aromatic rings. The summed E-state index contributed by atoms with van der Waals surface area (Å²) in [5, 5.41) is 31.7. The summed E-state index contributed by atoms with van der Waals surface area (Å²) in [6.45, 7) is 7.66. The molecular formula is C15H24O4. The third-order valence-corrected chi connectivity index (χ3v) is 5.53. The van der Waals surface area contributed by atoms with E-state index in [0.717, 1.165) is 12.0 Å². The molecule has 1 saturated carbocycles. The summed E-state index contributed by atoms with van der Waals surface area (Å²) < 4.78 is 6.03. The minimum atomic E-state index is -1.54. The van der Waals surface area contributed by atoms with E-state index in [4.69, 9.17) is 4.74 Å². The Kier molecular flexibility index (Phi) is 2.44. The number of rotatable bonds is 0. The molecule has 0 aromatic carbocycles. The van der Waals surface area contributed by atoms with Gasteiger partial charge in [0.05, 0.1) is 11.7 Å². The van der Waals surface area contributed by atoms with Crippen LogP contribution in [0.15, 0.2) is 11.6 Å². The van der Waals surface area contributed by atoms with E-state index >= 15 is 0 Å². The Hall–Kier alpha value is -0.420. The van der Waals surface area contributed by atoms with E-state index in [1.807, 2.05) is 13.8 Å². The quantitative estimate of drug-likeness (QED) is 0.580. The van der Waals surface area contributed by atoms with Crippen LogP contribution in [0.4, 0.5) is 0 Å². The second kappa shape index (κ2) is 3.42. The smallest absolute Gasteiger partial charge is 0.199 e. The third-order valence-electron chi connectivity index (χ3n) is 5.53. The Bertz CT molecular complexity index is 453. The fourth-order valence-corrected chi connectivity index (χ4v) is 4.15. The maximum Gasteiger partial charge on any atom is 0.199 e. The standard InChI is InChI=1S/C15H24O4/c1-9-5-6-15(18)13(4,17)7-10-11(16)12(2,3)8-14(9,10)19-15/h7,9,11,16-18H,5-6,8H2,1-4H3/t9-,11-,13-,14-,15+/m1/s1. The molecule has 1 saturated heterocycles. The zero-order chi connectivity index (χ0) is 14.3. The molecule has 0 unspecified atom stereocenters. The van der Waals surface area contributed by atoms with Crippen molar-refractivity contribution >= 4 is 0 Å². The number of hydrogen-bond acceptors (Lipinski definition) is 4. The fraction of sp³-hybridized carbons (Fsp3) is 0.867. The lowest BCUT2D eigenvalue weighted by molar-refractivity contribution is -0.355. The van der Waals surface area contributed by atoms with E-state index in [1.54, 1.807) is 13.0 Å². The molecule has 4 heteroatoms. The fourth-order valence-electron chi connectivity index (χ4n) is 4.15. The second-order valence-corrected chi connectivity index (χ2v) is 7.53. The molecule has 2 fully saturated rings. The van der Waals surface area contributed by atoms with Crippen LogP contribution in [-0.4, -0.2) is 38.4 Å². The van der Waals surface area contributed by atoms with Crippen LogP contribution in [-0.2, 0) is 4.74 Å². The number of fused-ring (bicyclic) bond motifs is 1. The van der Waals surface area contributed by atoms with Crippen LogP contribution in [0.1, 0.15) is 47.0 Å². The molecule has 4 nitrogen and oxygen atoms in total. The number of hydrogen-bond donors (Lipinski definition) is 3. The lowest BCUT2D eigenvalue weighted by Gasteiger charge is -2.56. The molecule has 2 heterocycles. The molecule has 1 spiro atoms. The number of ether oxygens (including phenoxy) is 1. The third kappa shape index (κ3) is 1.49. The Morgan fingerprint density at radius 1 is 1.26 bits per heavy atom. The minimum Gasteiger partial charge on any atom is -0.388 e. The van der Waals surface area contributed by atoms with Crippen molar-refractivity contribution in [2.75, 3.05) is 0 Å². The average Bonchev–Trinajstić information content (AvgIpc) is 2.45. The predicted molar refractivity (Wildman–Crippen MR) is 70.3 cm³/mol. The van der Waals surface area contributed by atoms with Gasteiger partial charge in [0, 0.05) is 6.42 Å². The molecule has 108 valence electrons. The summed E-state index contributed by atoms with van der Waals surface area (Å²) in [4.78, 5) is 0. The molecule has 1 aliphatic carbocycles. The number of aliphatic hydroxyl groups is 3. The van der Waals surface area contributed by atoms with Crippen molar-refractivity contribution in [3.05, 3.63) is 11.6 Å². The lowest BCUT2D eigenvalue weighted by Crippen LogP contribution is -2.65. The topological polar surface area (TPSA) is 69.9 Å². The van der Waals surface area contributed by atoms with Gasteiger partial charge in [-0.3, -0.25) is 0 Å². The van der Waals surface area contributed by atoms with Gasteiger partial charge >= 0.3 is 0 Å². The van der Waals surface area contributed by atoms with Crippen molar-refractivity contribution < 1.29 is 20.1 Å². The highest BCUT2D eigenvalue weighted by atomic mass is 16.7. The SMILES string of the molecule is C[C@@H]1CC[C@]2(O)O[C@]13CC(C)(C)[C@H](O)C3=C[C@@]2(C)O. The highest BCUT2D eigenvalue weighted by Gasteiger charge is 2.67. The van der Waals surface area contributed by atoms with E-state index in [2.05, 4.69) is 6.92 Å². The lowest BCUT2D eigenvalue weighted by atomic mass is 9.69. The Morgan fingerprint density at radius 2 is 1.89 bits per heavy atom. The van der Waals surface area contributed by atoms with E-state index in [9.17, 15) is 15.3 Å². The molecule has 3 aliphatic rings. The molecule has 0 aromatic heterocycles. The normalized spacial score (nSPS) is 55.6. The summed E-state index contributed by atoms with van der Waals surface area (Å²) in [5.74, 6) is -1.31. The van der Waals surface area contributed by atoms with Crippen LogP contribution < -0.4 is 0 Å². The van der Waals surface area contributed by atoms with Crippen LogP contribution in [0.3, 0.4) is 0 Å². The van der Waals surface area contributed by atoms with Gasteiger partial charge in [0.2, 0.25) is 0 Å². The zero-order valence-electron chi connectivity index (χ0n) is 12.1. The molecule has 3 rings (SSSR count). The molecule has 0 radical (unpaired) electrons. The second-order valence-electron chi connectivity index (χ2n) is 7.53. The van der Waals surface area contributed by atoms with Crippen molar-refractivity contribution in [1.29, 1.82) is 0 Å². The van der Waals surface area contributed by atoms with Crippen LogP contribution in [0.25, 0.3) is 0 Å². The van der Waals surface area contributed by atoms with Gasteiger partial charge in [0.1, 0.15) is 5.60 Å². The van der Waals surface area contributed by atoms with E-state index in [-0.39, 0.29) is 11.3 Å². The predicted octanol–water partition coefficient (Wildman–Crippen LogP) is 1.34. The molecule has 2 bridgehead atoms. The van der Waals surface area contributed by atoms with Crippen molar-refractivity contribution in [3.8, 4) is 0 Å². The van der Waals surface area contributed by atoms with E-state index in [0.29, 0.717) is 12.8 Å². The maximum absolute atomic E-state index is 10.6. The van der Waals surface area contributed by atoms with Gasteiger partial charge in [-0.05, 0) is 42.7 Å². The minimum absolute atomic E-state index is 0.228. The Balaban J connectivity index is 2.20. The van der Waals surface area contributed by atoms with Crippen LogP contribution >= 0.6 is 0 Å². The first-order valence-electron chi connectivity index (χ1n) is 7.10. The monoisotopic (exact) mass is 268 g/mol. The van der Waals surface area contributed by atoms with Gasteiger partial charge in [-0.2, -0.15) is 0 Å². The summed E-state index contributed by atoms with van der Waals surface area (Å²) >= 11 is 0. The van der Waals surface area contributed by atoms with Crippen molar-refractivity contribution in [1.82, 2.24) is 0 Å². The number of aliphatic hydroxyl groups excluding tert-OH is 1. The average molecular weight is 268 g/mol. The first-order valence-corrected chi connectivity index (χ1v) is 7.10. The highest BCUT2D eigenvalue weighted by Crippen LogP contribution is 2.61. The molecular weight excluding hydrogens is 244 g/mol. The van der Waals surface area contributed by atoms with Crippen LogP contribution in [0, 0.1) is 11.3 Å².